The number of rotatable bonds is 8. The first kappa shape index (κ1) is 13.1. The average Bonchev–Trinajstić information content (AvgIpc) is 2.77. The van der Waals surface area contributed by atoms with Gasteiger partial charge in [0.2, 0.25) is 0 Å². The molecule has 1 nitrogen and oxygen atoms in total. The second kappa shape index (κ2) is 8.20. The van der Waals surface area contributed by atoms with E-state index in [2.05, 4.69) is 36.0 Å². The van der Waals surface area contributed by atoms with Crippen molar-refractivity contribution in [3.8, 4) is 0 Å². The molecule has 1 rings (SSSR count). The van der Waals surface area contributed by atoms with Crippen molar-refractivity contribution >= 4 is 23.1 Å². The Balaban J connectivity index is 2.18. The lowest BCUT2D eigenvalue weighted by atomic mass is 10.2. The number of hydrogen-bond donors (Lipinski definition) is 1. The number of nitrogens with one attached hydrogen (secondary N) is 1. The third kappa shape index (κ3) is 5.05. The average molecular weight is 243 g/mol. The summed E-state index contributed by atoms with van der Waals surface area (Å²) in [5.74, 6) is 1.29. The van der Waals surface area contributed by atoms with Gasteiger partial charge in [-0.1, -0.05) is 13.0 Å². The van der Waals surface area contributed by atoms with Crippen LogP contribution in [0.15, 0.2) is 17.5 Å². The van der Waals surface area contributed by atoms with E-state index in [0.717, 1.165) is 6.54 Å². The summed E-state index contributed by atoms with van der Waals surface area (Å²) in [7, 11) is 0. The monoisotopic (exact) mass is 243 g/mol. The van der Waals surface area contributed by atoms with Crippen LogP contribution in [-0.4, -0.2) is 18.6 Å². The fraction of sp³-hybridized carbons (Fsp3) is 0.667. The van der Waals surface area contributed by atoms with E-state index in [-0.39, 0.29) is 0 Å². The zero-order valence-electron chi connectivity index (χ0n) is 9.66. The van der Waals surface area contributed by atoms with Crippen LogP contribution in [0, 0.1) is 0 Å². The Bertz CT molecular complexity index is 234. The molecule has 3 heteroatoms. The molecule has 0 spiro atoms. The summed E-state index contributed by atoms with van der Waals surface area (Å²) >= 11 is 3.80. The normalized spacial score (nSPS) is 12.9. The van der Waals surface area contributed by atoms with Crippen LogP contribution in [0.1, 0.15) is 37.1 Å². The molecule has 86 valence electrons. The third-order valence-electron chi connectivity index (χ3n) is 2.46. The van der Waals surface area contributed by atoms with Crippen molar-refractivity contribution in [2.45, 2.75) is 32.2 Å². The van der Waals surface area contributed by atoms with Crippen LogP contribution in [0.5, 0.6) is 0 Å². The van der Waals surface area contributed by atoms with E-state index < -0.39 is 0 Å². The fourth-order valence-corrected chi connectivity index (χ4v) is 2.96. The van der Waals surface area contributed by atoms with Gasteiger partial charge in [0.1, 0.15) is 0 Å². The fourth-order valence-electron chi connectivity index (χ4n) is 1.58. The van der Waals surface area contributed by atoms with Gasteiger partial charge in [0, 0.05) is 10.9 Å². The van der Waals surface area contributed by atoms with E-state index in [1.807, 2.05) is 23.1 Å². The summed E-state index contributed by atoms with van der Waals surface area (Å²) in [5.41, 5.74) is 0. The maximum absolute atomic E-state index is 3.63. The predicted molar refractivity (Wildman–Crippen MR) is 73.0 cm³/mol. The summed E-state index contributed by atoms with van der Waals surface area (Å²) in [6.45, 7) is 3.40. The van der Waals surface area contributed by atoms with Crippen molar-refractivity contribution in [3.63, 3.8) is 0 Å². The summed E-state index contributed by atoms with van der Waals surface area (Å²) in [4.78, 5) is 1.47. The molecule has 15 heavy (non-hydrogen) atoms. The van der Waals surface area contributed by atoms with E-state index in [9.17, 15) is 0 Å². The molecule has 0 fully saturated rings. The first-order valence-electron chi connectivity index (χ1n) is 5.64. The van der Waals surface area contributed by atoms with Gasteiger partial charge in [0.25, 0.3) is 0 Å². The Kier molecular flexibility index (Phi) is 7.14. The molecule has 0 radical (unpaired) electrons. The molecular weight excluding hydrogens is 222 g/mol. The largest absolute Gasteiger partial charge is 0.309 e. The van der Waals surface area contributed by atoms with Crippen molar-refractivity contribution in [3.05, 3.63) is 22.4 Å². The molecule has 1 heterocycles. The molecule has 0 aliphatic rings. The summed E-state index contributed by atoms with van der Waals surface area (Å²) in [6, 6.07) is 4.94. The van der Waals surface area contributed by atoms with Crippen molar-refractivity contribution in [2.75, 3.05) is 18.6 Å². The lowest BCUT2D eigenvalue weighted by Gasteiger charge is -2.15. The first-order valence-corrected chi connectivity index (χ1v) is 7.91. The summed E-state index contributed by atoms with van der Waals surface area (Å²) in [6.07, 6.45) is 5.98. The van der Waals surface area contributed by atoms with Crippen LogP contribution in [0.2, 0.25) is 0 Å². The zero-order valence-corrected chi connectivity index (χ0v) is 11.3. The SMILES string of the molecule is CCC(NCCCCSC)c1cccs1. The van der Waals surface area contributed by atoms with Gasteiger partial charge < -0.3 is 5.32 Å². The van der Waals surface area contributed by atoms with Crippen LogP contribution >= 0.6 is 23.1 Å². The van der Waals surface area contributed by atoms with Crippen LogP contribution in [-0.2, 0) is 0 Å². The minimum absolute atomic E-state index is 0.569. The van der Waals surface area contributed by atoms with E-state index in [1.165, 1.54) is 29.9 Å². The Morgan fingerprint density at radius 3 is 2.93 bits per heavy atom. The van der Waals surface area contributed by atoms with E-state index in [1.54, 1.807) is 0 Å². The van der Waals surface area contributed by atoms with Gasteiger partial charge in [-0.25, -0.2) is 0 Å². The lowest BCUT2D eigenvalue weighted by molar-refractivity contribution is 0.515. The molecule has 1 aromatic heterocycles. The maximum atomic E-state index is 3.63. The Labute approximate surface area is 102 Å². The summed E-state index contributed by atoms with van der Waals surface area (Å²) < 4.78 is 0. The molecule has 0 aliphatic heterocycles. The van der Waals surface area contributed by atoms with Gasteiger partial charge in [-0.2, -0.15) is 11.8 Å². The number of thioether (sulfide) groups is 1. The maximum Gasteiger partial charge on any atom is 0.0412 e. The van der Waals surface area contributed by atoms with Gasteiger partial charge in [0.05, 0.1) is 0 Å². The highest BCUT2D eigenvalue weighted by molar-refractivity contribution is 7.98. The lowest BCUT2D eigenvalue weighted by Crippen LogP contribution is -2.21. The van der Waals surface area contributed by atoms with Crippen LogP contribution < -0.4 is 5.32 Å². The molecule has 1 unspecified atom stereocenters. The summed E-state index contributed by atoms with van der Waals surface area (Å²) in [5, 5.41) is 5.79. The Morgan fingerprint density at radius 1 is 1.47 bits per heavy atom. The number of thiophene rings is 1. The molecule has 1 atom stereocenters. The molecule has 1 N–H and O–H groups in total. The van der Waals surface area contributed by atoms with Crippen molar-refractivity contribution < 1.29 is 0 Å². The van der Waals surface area contributed by atoms with E-state index in [0.29, 0.717) is 6.04 Å². The molecule has 0 amide bonds. The number of unbranched alkanes of at least 4 members (excludes halogenated alkanes) is 1. The zero-order chi connectivity index (χ0) is 10.9. The molecule has 0 aromatic carbocycles. The van der Waals surface area contributed by atoms with Gasteiger partial charge in [0.15, 0.2) is 0 Å². The second-order valence-corrected chi connectivity index (χ2v) is 5.60. The second-order valence-electron chi connectivity index (χ2n) is 3.63. The first-order chi connectivity index (χ1) is 7.38. The van der Waals surface area contributed by atoms with Crippen LogP contribution in [0.3, 0.4) is 0 Å². The molecular formula is C12H21NS2. The predicted octanol–water partition coefficient (Wildman–Crippen LogP) is 3.93. The minimum atomic E-state index is 0.569. The highest BCUT2D eigenvalue weighted by atomic mass is 32.2. The minimum Gasteiger partial charge on any atom is -0.309 e. The highest BCUT2D eigenvalue weighted by Gasteiger charge is 2.08. The molecule has 1 aromatic rings. The van der Waals surface area contributed by atoms with E-state index >= 15 is 0 Å². The topological polar surface area (TPSA) is 12.0 Å². The van der Waals surface area contributed by atoms with Gasteiger partial charge in [-0.05, 0) is 49.3 Å². The van der Waals surface area contributed by atoms with Crippen molar-refractivity contribution in [2.24, 2.45) is 0 Å². The Hall–Kier alpha value is 0.01000. The smallest absolute Gasteiger partial charge is 0.0412 e. The van der Waals surface area contributed by atoms with Crippen molar-refractivity contribution in [1.29, 1.82) is 0 Å². The standard InChI is InChI=1S/C12H21NS2/c1-3-11(12-7-6-10-15-12)13-8-4-5-9-14-2/h6-7,10-11,13H,3-5,8-9H2,1-2H3. The molecule has 0 saturated carbocycles. The molecule has 0 saturated heterocycles. The van der Waals surface area contributed by atoms with E-state index in [4.69, 9.17) is 0 Å². The van der Waals surface area contributed by atoms with Crippen LogP contribution in [0.4, 0.5) is 0 Å². The Morgan fingerprint density at radius 2 is 2.33 bits per heavy atom. The quantitative estimate of drug-likeness (QED) is 0.694. The van der Waals surface area contributed by atoms with Crippen molar-refractivity contribution in [1.82, 2.24) is 5.32 Å². The molecule has 0 bridgehead atoms. The molecule has 0 aliphatic carbocycles. The van der Waals surface area contributed by atoms with Gasteiger partial charge in [-0.15, -0.1) is 11.3 Å². The van der Waals surface area contributed by atoms with Gasteiger partial charge in [-0.3, -0.25) is 0 Å². The number of hydrogen-bond acceptors (Lipinski definition) is 3. The van der Waals surface area contributed by atoms with Crippen LogP contribution in [0.25, 0.3) is 0 Å². The third-order valence-corrected chi connectivity index (χ3v) is 4.14. The highest BCUT2D eigenvalue weighted by Crippen LogP contribution is 2.21. The van der Waals surface area contributed by atoms with Gasteiger partial charge >= 0.3 is 0 Å².